The van der Waals surface area contributed by atoms with E-state index in [1.165, 1.54) is 12.1 Å². The second-order valence-corrected chi connectivity index (χ2v) is 5.38. The van der Waals surface area contributed by atoms with Gasteiger partial charge in [0.2, 0.25) is 0 Å². The van der Waals surface area contributed by atoms with Crippen molar-refractivity contribution in [1.82, 2.24) is 5.32 Å². The van der Waals surface area contributed by atoms with Gasteiger partial charge in [-0.15, -0.1) is 0 Å². The normalized spacial score (nSPS) is 10.6. The number of carbonyl (C=O) groups is 1. The van der Waals surface area contributed by atoms with Gasteiger partial charge in [-0.3, -0.25) is 0 Å². The van der Waals surface area contributed by atoms with E-state index in [-0.39, 0.29) is 5.75 Å². The molecule has 0 aromatic heterocycles. The van der Waals surface area contributed by atoms with E-state index in [9.17, 15) is 13.6 Å². The molecule has 22 heavy (non-hydrogen) atoms. The molecule has 1 amide bonds. The van der Waals surface area contributed by atoms with Gasteiger partial charge in [0.25, 0.3) is 0 Å². The number of halogens is 2. The van der Waals surface area contributed by atoms with E-state index < -0.39 is 18.3 Å². The lowest BCUT2D eigenvalue weighted by molar-refractivity contribution is -0.0498. The number of hydrogen-bond donors (Lipinski definition) is 1. The molecule has 0 fully saturated rings. The van der Waals surface area contributed by atoms with Crippen LogP contribution in [0.1, 0.15) is 32.8 Å². The highest BCUT2D eigenvalue weighted by atomic mass is 19.3. The monoisotopic (exact) mass is 311 g/mol. The minimum absolute atomic E-state index is 0.0899. The van der Waals surface area contributed by atoms with Crippen molar-refractivity contribution in [3.63, 3.8) is 0 Å². The van der Waals surface area contributed by atoms with Crippen molar-refractivity contribution in [2.45, 2.75) is 39.4 Å². The molecule has 0 aliphatic rings. The van der Waals surface area contributed by atoms with Crippen molar-refractivity contribution >= 4 is 6.09 Å². The quantitative estimate of drug-likeness (QED) is 0.683. The Morgan fingerprint density at radius 2 is 1.91 bits per heavy atom. The summed E-state index contributed by atoms with van der Waals surface area (Å²) in [6.45, 7) is 2.89. The number of nitrogens with one attached hydrogen (secondary N) is 1. The Balaban J connectivity index is 2.34. The molecule has 0 unspecified atom stereocenters. The molecule has 1 N–H and O–H groups in total. The van der Waals surface area contributed by atoms with Gasteiger partial charge in [-0.1, -0.05) is 11.8 Å². The molecule has 0 atom stereocenters. The summed E-state index contributed by atoms with van der Waals surface area (Å²) in [5.41, 5.74) is 0.150. The Bertz CT molecular complexity index is 539. The van der Waals surface area contributed by atoms with Crippen molar-refractivity contribution in [2.75, 3.05) is 6.54 Å². The van der Waals surface area contributed by atoms with E-state index in [1.54, 1.807) is 32.9 Å². The van der Waals surface area contributed by atoms with E-state index >= 15 is 0 Å². The summed E-state index contributed by atoms with van der Waals surface area (Å²) in [6, 6.07) is 6.03. The lowest BCUT2D eigenvalue weighted by Crippen LogP contribution is -2.32. The summed E-state index contributed by atoms with van der Waals surface area (Å²) in [7, 11) is 0. The van der Waals surface area contributed by atoms with Crippen LogP contribution in [0.3, 0.4) is 0 Å². The van der Waals surface area contributed by atoms with E-state index in [2.05, 4.69) is 21.9 Å². The minimum Gasteiger partial charge on any atom is -0.444 e. The van der Waals surface area contributed by atoms with Crippen LogP contribution in [0.15, 0.2) is 24.3 Å². The van der Waals surface area contributed by atoms with Crippen LogP contribution in [0.2, 0.25) is 0 Å². The lowest BCUT2D eigenvalue weighted by atomic mass is 10.2. The molecule has 1 aromatic rings. The van der Waals surface area contributed by atoms with E-state index in [0.29, 0.717) is 18.5 Å². The number of carbonyl (C=O) groups excluding carboxylic acids is 1. The highest BCUT2D eigenvalue weighted by Gasteiger charge is 2.15. The highest BCUT2D eigenvalue weighted by molar-refractivity contribution is 5.67. The van der Waals surface area contributed by atoms with Crippen LogP contribution in [0.4, 0.5) is 13.6 Å². The first kappa shape index (κ1) is 17.8. The molecular formula is C16H19F2NO3. The molecule has 120 valence electrons. The van der Waals surface area contributed by atoms with E-state index in [4.69, 9.17) is 4.74 Å². The zero-order valence-electron chi connectivity index (χ0n) is 12.8. The molecule has 1 aromatic carbocycles. The summed E-state index contributed by atoms with van der Waals surface area (Å²) in [5, 5.41) is 2.59. The lowest BCUT2D eigenvalue weighted by Gasteiger charge is -2.19. The van der Waals surface area contributed by atoms with Crippen molar-refractivity contribution in [1.29, 1.82) is 0 Å². The van der Waals surface area contributed by atoms with Crippen LogP contribution < -0.4 is 10.1 Å². The minimum atomic E-state index is -2.84. The van der Waals surface area contributed by atoms with Gasteiger partial charge in [-0.2, -0.15) is 8.78 Å². The number of ether oxygens (including phenoxy) is 2. The molecule has 1 rings (SSSR count). The number of rotatable bonds is 4. The second kappa shape index (κ2) is 8.23. The molecule has 6 heteroatoms. The molecule has 0 bridgehead atoms. The molecule has 4 nitrogen and oxygen atoms in total. The van der Waals surface area contributed by atoms with Crippen molar-refractivity contribution in [3.8, 4) is 17.6 Å². The predicted octanol–water partition coefficient (Wildman–Crippen LogP) is 3.55. The van der Waals surface area contributed by atoms with Gasteiger partial charge in [0.1, 0.15) is 11.4 Å². The maximum Gasteiger partial charge on any atom is 0.407 e. The Morgan fingerprint density at radius 3 is 2.45 bits per heavy atom. The Kier molecular flexibility index (Phi) is 6.64. The van der Waals surface area contributed by atoms with Gasteiger partial charge in [-0.25, -0.2) is 4.79 Å². The zero-order chi connectivity index (χ0) is 16.6. The van der Waals surface area contributed by atoms with Gasteiger partial charge >= 0.3 is 12.7 Å². The van der Waals surface area contributed by atoms with Crippen LogP contribution >= 0.6 is 0 Å². The third-order valence-electron chi connectivity index (χ3n) is 2.23. The third-order valence-corrected chi connectivity index (χ3v) is 2.23. The SMILES string of the molecule is CC(C)(C)OC(=O)NCCC#Cc1ccc(OC(F)F)cc1. The number of alkyl carbamates (subject to hydrolysis) is 1. The van der Waals surface area contributed by atoms with Crippen LogP contribution in [-0.2, 0) is 4.74 Å². The smallest absolute Gasteiger partial charge is 0.407 e. The first-order chi connectivity index (χ1) is 10.3. The first-order valence-electron chi connectivity index (χ1n) is 6.77. The average molecular weight is 311 g/mol. The second-order valence-electron chi connectivity index (χ2n) is 5.38. The third kappa shape index (κ3) is 8.10. The van der Waals surface area contributed by atoms with Crippen LogP contribution in [-0.4, -0.2) is 24.9 Å². The Hall–Kier alpha value is -2.29. The van der Waals surface area contributed by atoms with Gasteiger partial charge in [0, 0.05) is 18.5 Å². The number of benzene rings is 1. The molecule has 0 aliphatic carbocycles. The van der Waals surface area contributed by atoms with Crippen LogP contribution in [0.5, 0.6) is 5.75 Å². The fourth-order valence-electron chi connectivity index (χ4n) is 1.43. The van der Waals surface area contributed by atoms with E-state index in [0.717, 1.165) is 0 Å². The topological polar surface area (TPSA) is 47.6 Å². The summed E-state index contributed by atoms with van der Waals surface area (Å²) in [5.74, 6) is 5.82. The van der Waals surface area contributed by atoms with Crippen LogP contribution in [0.25, 0.3) is 0 Å². The average Bonchev–Trinajstić information content (AvgIpc) is 2.37. The number of hydrogen-bond acceptors (Lipinski definition) is 3. The molecule has 0 heterocycles. The molecular weight excluding hydrogens is 292 g/mol. The van der Waals surface area contributed by atoms with Gasteiger partial charge in [-0.05, 0) is 45.0 Å². The molecule has 0 saturated carbocycles. The zero-order valence-corrected chi connectivity index (χ0v) is 12.8. The fraction of sp³-hybridized carbons (Fsp3) is 0.438. The Morgan fingerprint density at radius 1 is 1.27 bits per heavy atom. The fourth-order valence-corrected chi connectivity index (χ4v) is 1.43. The summed E-state index contributed by atoms with van der Waals surface area (Å²) >= 11 is 0. The molecule has 0 aliphatic heterocycles. The maximum absolute atomic E-state index is 12.0. The Labute approximate surface area is 128 Å². The predicted molar refractivity (Wildman–Crippen MR) is 78.8 cm³/mol. The maximum atomic E-state index is 12.0. The first-order valence-corrected chi connectivity index (χ1v) is 6.77. The number of amides is 1. The number of alkyl halides is 2. The molecule has 0 spiro atoms. The van der Waals surface area contributed by atoms with Gasteiger partial charge < -0.3 is 14.8 Å². The van der Waals surface area contributed by atoms with Crippen LogP contribution in [0, 0.1) is 11.8 Å². The van der Waals surface area contributed by atoms with Gasteiger partial charge in [0.15, 0.2) is 0 Å². The van der Waals surface area contributed by atoms with Crippen molar-refractivity contribution < 1.29 is 23.0 Å². The summed E-state index contributed by atoms with van der Waals surface area (Å²) in [6.07, 6.45) is -0.0306. The summed E-state index contributed by atoms with van der Waals surface area (Å²) < 4.78 is 33.3. The van der Waals surface area contributed by atoms with Crippen molar-refractivity contribution in [2.24, 2.45) is 0 Å². The molecule has 0 saturated heterocycles. The van der Waals surface area contributed by atoms with Crippen molar-refractivity contribution in [3.05, 3.63) is 29.8 Å². The summed E-state index contributed by atoms with van der Waals surface area (Å²) in [4.78, 5) is 11.4. The van der Waals surface area contributed by atoms with E-state index in [1.807, 2.05) is 0 Å². The molecule has 0 radical (unpaired) electrons. The standard InChI is InChI=1S/C16H19F2NO3/c1-16(2,3)22-15(20)19-11-5-4-6-12-7-9-13(10-8-12)21-14(17)18/h7-10,14H,5,11H2,1-3H3,(H,19,20). The highest BCUT2D eigenvalue weighted by Crippen LogP contribution is 2.14. The van der Waals surface area contributed by atoms with Gasteiger partial charge in [0.05, 0.1) is 0 Å². The largest absolute Gasteiger partial charge is 0.444 e.